The summed E-state index contributed by atoms with van der Waals surface area (Å²) in [5, 5.41) is 0. The lowest BCUT2D eigenvalue weighted by molar-refractivity contribution is -0.143. The van der Waals surface area contributed by atoms with Crippen LogP contribution in [0.5, 0.6) is 0 Å². The van der Waals surface area contributed by atoms with Gasteiger partial charge in [-0.1, -0.05) is 19.3 Å². The number of rotatable bonds is 2. The first-order chi connectivity index (χ1) is 10.2. The van der Waals surface area contributed by atoms with Crippen LogP contribution < -0.4 is 0 Å². The van der Waals surface area contributed by atoms with E-state index >= 15 is 0 Å². The van der Waals surface area contributed by atoms with Crippen LogP contribution in [-0.4, -0.2) is 17.3 Å². The van der Waals surface area contributed by atoms with Crippen LogP contribution in [0.25, 0.3) is 0 Å². The van der Waals surface area contributed by atoms with Crippen LogP contribution >= 0.6 is 0 Å². The van der Waals surface area contributed by atoms with E-state index in [1.165, 1.54) is 0 Å². The normalized spacial score (nSPS) is 38.6. The van der Waals surface area contributed by atoms with Crippen LogP contribution in [0.15, 0.2) is 0 Å². The highest BCUT2D eigenvalue weighted by atomic mass is 16.1. The van der Waals surface area contributed by atoms with Crippen molar-refractivity contribution in [1.29, 1.82) is 0 Å². The largest absolute Gasteiger partial charge is 0.299 e. The summed E-state index contributed by atoms with van der Waals surface area (Å²) >= 11 is 0. The highest BCUT2D eigenvalue weighted by Crippen LogP contribution is 2.41. The summed E-state index contributed by atoms with van der Waals surface area (Å²) < 4.78 is 0. The minimum Gasteiger partial charge on any atom is -0.299 e. The molecule has 3 heteroatoms. The molecule has 0 bridgehead atoms. The van der Waals surface area contributed by atoms with E-state index in [1.807, 2.05) is 0 Å². The maximum Gasteiger partial charge on any atom is 0.140 e. The summed E-state index contributed by atoms with van der Waals surface area (Å²) in [7, 11) is 0. The Morgan fingerprint density at radius 3 is 1.38 bits per heavy atom. The number of carbonyl (C=O) groups is 3. The molecule has 3 aliphatic carbocycles. The standard InChI is InChI=1S/C18H26O3/c19-16-10-3-1-6-12(16)14-8-5-9-15(18(14)21)13-7-2-4-11-17(13)20/h12-15H,1-11H2/t12-,13?,14+,15-/m1/s1. The van der Waals surface area contributed by atoms with Crippen molar-refractivity contribution in [1.82, 2.24) is 0 Å². The fourth-order valence-corrected chi connectivity index (χ4v) is 4.79. The van der Waals surface area contributed by atoms with Gasteiger partial charge in [-0.3, -0.25) is 14.4 Å². The zero-order valence-electron chi connectivity index (χ0n) is 12.8. The first-order valence-corrected chi connectivity index (χ1v) is 8.77. The van der Waals surface area contributed by atoms with Crippen LogP contribution in [0.4, 0.5) is 0 Å². The molecule has 0 aliphatic heterocycles. The van der Waals surface area contributed by atoms with Gasteiger partial charge in [-0.05, 0) is 38.5 Å². The van der Waals surface area contributed by atoms with Gasteiger partial charge in [0.05, 0.1) is 0 Å². The average Bonchev–Trinajstić information content (AvgIpc) is 2.49. The molecule has 0 aromatic heterocycles. The molecule has 0 aromatic rings. The number of carbonyl (C=O) groups excluding carboxylic acids is 3. The Morgan fingerprint density at radius 1 is 0.524 bits per heavy atom. The number of Topliss-reactive ketones (excluding diaryl/α,β-unsaturated/α-hetero) is 3. The summed E-state index contributed by atoms with van der Waals surface area (Å²) in [6.07, 6.45) is 9.96. The molecule has 0 spiro atoms. The molecule has 3 saturated carbocycles. The predicted octanol–water partition coefficient (Wildman–Crippen LogP) is 3.49. The maximum absolute atomic E-state index is 12.9. The van der Waals surface area contributed by atoms with Crippen molar-refractivity contribution in [3.05, 3.63) is 0 Å². The van der Waals surface area contributed by atoms with Gasteiger partial charge in [-0.2, -0.15) is 0 Å². The first kappa shape index (κ1) is 14.9. The molecule has 0 heterocycles. The first-order valence-electron chi connectivity index (χ1n) is 8.77. The van der Waals surface area contributed by atoms with E-state index in [-0.39, 0.29) is 29.5 Å². The Hall–Kier alpha value is -0.990. The molecule has 3 nitrogen and oxygen atoms in total. The second kappa shape index (κ2) is 6.41. The van der Waals surface area contributed by atoms with Crippen molar-refractivity contribution in [2.45, 2.75) is 70.6 Å². The Morgan fingerprint density at radius 2 is 0.952 bits per heavy atom. The molecule has 0 amide bonds. The van der Waals surface area contributed by atoms with Crippen LogP contribution in [0.1, 0.15) is 70.6 Å². The average molecular weight is 290 g/mol. The highest BCUT2D eigenvalue weighted by Gasteiger charge is 2.44. The van der Waals surface area contributed by atoms with Crippen molar-refractivity contribution in [3.8, 4) is 0 Å². The quantitative estimate of drug-likeness (QED) is 0.782. The van der Waals surface area contributed by atoms with Gasteiger partial charge in [-0.25, -0.2) is 0 Å². The van der Waals surface area contributed by atoms with Crippen LogP contribution in [0.2, 0.25) is 0 Å². The molecular weight excluding hydrogens is 264 g/mol. The fourth-order valence-electron chi connectivity index (χ4n) is 4.79. The highest BCUT2D eigenvalue weighted by molar-refractivity contribution is 5.95. The molecule has 0 N–H and O–H groups in total. The molecule has 0 radical (unpaired) electrons. The Labute approximate surface area is 126 Å². The lowest BCUT2D eigenvalue weighted by atomic mass is 9.64. The number of ketones is 3. The fraction of sp³-hybridized carbons (Fsp3) is 0.833. The second-order valence-electron chi connectivity index (χ2n) is 7.18. The smallest absolute Gasteiger partial charge is 0.140 e. The van der Waals surface area contributed by atoms with E-state index in [1.54, 1.807) is 0 Å². The lowest BCUT2D eigenvalue weighted by Crippen LogP contribution is -2.42. The Kier molecular flexibility index (Phi) is 4.56. The van der Waals surface area contributed by atoms with E-state index in [4.69, 9.17) is 0 Å². The van der Waals surface area contributed by atoms with Crippen LogP contribution in [0, 0.1) is 23.7 Å². The van der Waals surface area contributed by atoms with E-state index in [0.717, 1.165) is 57.8 Å². The summed E-state index contributed by atoms with van der Waals surface area (Å²) in [4.78, 5) is 37.2. The maximum atomic E-state index is 12.9. The van der Waals surface area contributed by atoms with Crippen molar-refractivity contribution in [3.63, 3.8) is 0 Å². The Bertz CT molecular complexity index is 402. The van der Waals surface area contributed by atoms with E-state index in [2.05, 4.69) is 0 Å². The molecule has 0 aromatic carbocycles. The summed E-state index contributed by atoms with van der Waals surface area (Å²) in [6.45, 7) is 0. The molecule has 3 rings (SSSR count). The molecule has 0 saturated heterocycles. The SMILES string of the molecule is O=C1CCCCC1[C@H]1CCC[C@@H]([C@H]2CCCCC2=O)C1=O. The number of hydrogen-bond acceptors (Lipinski definition) is 3. The zero-order chi connectivity index (χ0) is 14.8. The van der Waals surface area contributed by atoms with Crippen LogP contribution in [0.3, 0.4) is 0 Å². The summed E-state index contributed by atoms with van der Waals surface area (Å²) in [5.74, 6) is 0.630. The third-order valence-electron chi connectivity index (χ3n) is 5.94. The van der Waals surface area contributed by atoms with Crippen molar-refractivity contribution < 1.29 is 14.4 Å². The minimum atomic E-state index is -0.0775. The molecule has 21 heavy (non-hydrogen) atoms. The molecular formula is C18H26O3. The lowest BCUT2D eigenvalue weighted by Gasteiger charge is -2.38. The molecule has 3 fully saturated rings. The zero-order valence-corrected chi connectivity index (χ0v) is 12.8. The van der Waals surface area contributed by atoms with E-state index in [0.29, 0.717) is 24.4 Å². The topological polar surface area (TPSA) is 51.2 Å². The van der Waals surface area contributed by atoms with Gasteiger partial charge >= 0.3 is 0 Å². The van der Waals surface area contributed by atoms with Gasteiger partial charge in [0, 0.05) is 36.5 Å². The van der Waals surface area contributed by atoms with E-state index in [9.17, 15) is 14.4 Å². The third kappa shape index (κ3) is 2.97. The van der Waals surface area contributed by atoms with Crippen molar-refractivity contribution in [2.75, 3.05) is 0 Å². The number of hydrogen-bond donors (Lipinski definition) is 0. The summed E-state index contributed by atoms with van der Waals surface area (Å²) in [6, 6.07) is 0. The van der Waals surface area contributed by atoms with Crippen LogP contribution in [-0.2, 0) is 14.4 Å². The van der Waals surface area contributed by atoms with Gasteiger partial charge in [0.1, 0.15) is 17.3 Å². The third-order valence-corrected chi connectivity index (χ3v) is 5.94. The Balaban J connectivity index is 1.73. The monoisotopic (exact) mass is 290 g/mol. The van der Waals surface area contributed by atoms with Gasteiger partial charge in [0.15, 0.2) is 0 Å². The minimum absolute atomic E-state index is 0.0345. The van der Waals surface area contributed by atoms with Crippen molar-refractivity contribution >= 4 is 17.3 Å². The van der Waals surface area contributed by atoms with Gasteiger partial charge in [0.2, 0.25) is 0 Å². The molecule has 1 unspecified atom stereocenters. The van der Waals surface area contributed by atoms with Gasteiger partial charge < -0.3 is 0 Å². The predicted molar refractivity (Wildman–Crippen MR) is 79.8 cm³/mol. The van der Waals surface area contributed by atoms with Gasteiger partial charge in [0.25, 0.3) is 0 Å². The van der Waals surface area contributed by atoms with Gasteiger partial charge in [-0.15, -0.1) is 0 Å². The molecule has 3 aliphatic rings. The van der Waals surface area contributed by atoms with E-state index < -0.39 is 0 Å². The molecule has 4 atom stereocenters. The molecule has 116 valence electrons. The second-order valence-corrected chi connectivity index (χ2v) is 7.18. The van der Waals surface area contributed by atoms with Crippen molar-refractivity contribution in [2.24, 2.45) is 23.7 Å². The summed E-state index contributed by atoms with van der Waals surface area (Å²) in [5.41, 5.74) is 0.